The van der Waals surface area contributed by atoms with Crippen molar-refractivity contribution in [2.24, 2.45) is 5.73 Å². The molecule has 0 radical (unpaired) electrons. The fourth-order valence-electron chi connectivity index (χ4n) is 1.50. The van der Waals surface area contributed by atoms with Crippen molar-refractivity contribution >= 4 is 0 Å². The van der Waals surface area contributed by atoms with Crippen molar-refractivity contribution in [1.82, 2.24) is 4.98 Å². The van der Waals surface area contributed by atoms with Gasteiger partial charge >= 0.3 is 0 Å². The van der Waals surface area contributed by atoms with Gasteiger partial charge < -0.3 is 15.2 Å². The van der Waals surface area contributed by atoms with Gasteiger partial charge in [0.05, 0.1) is 26.6 Å². The van der Waals surface area contributed by atoms with Crippen molar-refractivity contribution in [3.8, 4) is 11.5 Å². The predicted octanol–water partition coefficient (Wildman–Crippen LogP) is 1.34. The SMILES string of the molecule is COc1cncc(OC)c1C(C)(C)CN. The molecule has 1 heterocycles. The van der Waals surface area contributed by atoms with Crippen LogP contribution in [0.4, 0.5) is 0 Å². The summed E-state index contributed by atoms with van der Waals surface area (Å²) in [5.74, 6) is 1.43. The van der Waals surface area contributed by atoms with Gasteiger partial charge in [-0.05, 0) is 0 Å². The first kappa shape index (κ1) is 11.8. The summed E-state index contributed by atoms with van der Waals surface area (Å²) in [5.41, 5.74) is 6.52. The molecule has 4 nitrogen and oxygen atoms in total. The highest BCUT2D eigenvalue weighted by atomic mass is 16.5. The summed E-state index contributed by atoms with van der Waals surface area (Å²) in [5, 5.41) is 0. The van der Waals surface area contributed by atoms with E-state index in [9.17, 15) is 0 Å². The zero-order valence-corrected chi connectivity index (χ0v) is 9.70. The van der Waals surface area contributed by atoms with Crippen LogP contribution in [-0.2, 0) is 5.41 Å². The molecule has 0 unspecified atom stereocenters. The lowest BCUT2D eigenvalue weighted by Gasteiger charge is -2.26. The molecule has 0 saturated heterocycles. The molecule has 0 fully saturated rings. The first-order valence-electron chi connectivity index (χ1n) is 4.83. The number of rotatable bonds is 4. The fourth-order valence-corrected chi connectivity index (χ4v) is 1.50. The van der Waals surface area contributed by atoms with Crippen LogP contribution in [0, 0.1) is 0 Å². The Bertz CT molecular complexity index is 315. The van der Waals surface area contributed by atoms with Crippen LogP contribution in [0.1, 0.15) is 19.4 Å². The first-order chi connectivity index (χ1) is 7.06. The van der Waals surface area contributed by atoms with Crippen LogP contribution in [0.15, 0.2) is 12.4 Å². The summed E-state index contributed by atoms with van der Waals surface area (Å²) in [4.78, 5) is 4.04. The number of nitrogens with two attached hydrogens (primary N) is 1. The van der Waals surface area contributed by atoms with Gasteiger partial charge in [0.15, 0.2) is 0 Å². The van der Waals surface area contributed by atoms with Crippen LogP contribution in [-0.4, -0.2) is 25.7 Å². The molecule has 0 aromatic carbocycles. The number of methoxy groups -OCH3 is 2. The van der Waals surface area contributed by atoms with E-state index >= 15 is 0 Å². The molecule has 0 aliphatic rings. The molecule has 0 aliphatic carbocycles. The quantitative estimate of drug-likeness (QED) is 0.814. The molecular weight excluding hydrogens is 192 g/mol. The normalized spacial score (nSPS) is 11.3. The Kier molecular flexibility index (Phi) is 3.52. The van der Waals surface area contributed by atoms with Crippen molar-refractivity contribution in [3.05, 3.63) is 18.0 Å². The molecule has 15 heavy (non-hydrogen) atoms. The Morgan fingerprint density at radius 1 is 1.20 bits per heavy atom. The van der Waals surface area contributed by atoms with Crippen molar-refractivity contribution in [2.75, 3.05) is 20.8 Å². The number of hydrogen-bond acceptors (Lipinski definition) is 4. The average Bonchev–Trinajstić information content (AvgIpc) is 2.27. The topological polar surface area (TPSA) is 57.4 Å². The largest absolute Gasteiger partial charge is 0.495 e. The second-order valence-corrected chi connectivity index (χ2v) is 4.01. The third-order valence-electron chi connectivity index (χ3n) is 2.50. The predicted molar refractivity (Wildman–Crippen MR) is 59.4 cm³/mol. The maximum Gasteiger partial charge on any atom is 0.144 e. The van der Waals surface area contributed by atoms with Crippen LogP contribution < -0.4 is 15.2 Å². The van der Waals surface area contributed by atoms with Gasteiger partial charge in [0.2, 0.25) is 0 Å². The second-order valence-electron chi connectivity index (χ2n) is 4.01. The van der Waals surface area contributed by atoms with Gasteiger partial charge in [0.25, 0.3) is 0 Å². The van der Waals surface area contributed by atoms with Crippen molar-refractivity contribution in [2.45, 2.75) is 19.3 Å². The van der Waals surface area contributed by atoms with E-state index in [2.05, 4.69) is 4.98 Å². The summed E-state index contributed by atoms with van der Waals surface area (Å²) < 4.78 is 10.6. The lowest BCUT2D eigenvalue weighted by atomic mass is 9.84. The summed E-state index contributed by atoms with van der Waals surface area (Å²) in [6.45, 7) is 4.62. The number of hydrogen-bond donors (Lipinski definition) is 1. The highest BCUT2D eigenvalue weighted by Gasteiger charge is 2.27. The van der Waals surface area contributed by atoms with Crippen LogP contribution in [0.3, 0.4) is 0 Å². The number of ether oxygens (including phenoxy) is 2. The van der Waals surface area contributed by atoms with E-state index in [1.807, 2.05) is 13.8 Å². The highest BCUT2D eigenvalue weighted by Crippen LogP contribution is 2.37. The van der Waals surface area contributed by atoms with E-state index in [0.717, 1.165) is 5.56 Å². The van der Waals surface area contributed by atoms with Crippen LogP contribution in [0.2, 0.25) is 0 Å². The molecule has 4 heteroatoms. The second kappa shape index (κ2) is 4.49. The minimum absolute atomic E-state index is 0.195. The maximum atomic E-state index is 5.75. The molecule has 1 aromatic heterocycles. The van der Waals surface area contributed by atoms with Crippen molar-refractivity contribution in [3.63, 3.8) is 0 Å². The molecule has 0 amide bonds. The van der Waals surface area contributed by atoms with Crippen LogP contribution in [0.5, 0.6) is 11.5 Å². The number of nitrogens with zero attached hydrogens (tertiary/aromatic N) is 1. The van der Waals surface area contributed by atoms with Crippen LogP contribution >= 0.6 is 0 Å². The number of aromatic nitrogens is 1. The van der Waals surface area contributed by atoms with E-state index < -0.39 is 0 Å². The molecule has 0 spiro atoms. The summed E-state index contributed by atoms with van der Waals surface area (Å²) >= 11 is 0. The fraction of sp³-hybridized carbons (Fsp3) is 0.545. The molecule has 84 valence electrons. The molecule has 0 aliphatic heterocycles. The van der Waals surface area contributed by atoms with Gasteiger partial charge in [-0.2, -0.15) is 0 Å². The third-order valence-corrected chi connectivity index (χ3v) is 2.50. The van der Waals surface area contributed by atoms with E-state index in [0.29, 0.717) is 18.0 Å². The van der Waals surface area contributed by atoms with Gasteiger partial charge in [-0.15, -0.1) is 0 Å². The lowest BCUT2D eigenvalue weighted by molar-refractivity contribution is 0.360. The van der Waals surface area contributed by atoms with Gasteiger partial charge in [-0.1, -0.05) is 13.8 Å². The Morgan fingerprint density at radius 2 is 1.67 bits per heavy atom. The average molecular weight is 210 g/mol. The zero-order valence-electron chi connectivity index (χ0n) is 9.70. The molecular formula is C11H18N2O2. The van der Waals surface area contributed by atoms with E-state index in [1.54, 1.807) is 26.6 Å². The summed E-state index contributed by atoms with van der Waals surface area (Å²) in [6, 6.07) is 0. The Hall–Kier alpha value is -1.29. The molecule has 1 aromatic rings. The van der Waals surface area contributed by atoms with Crippen LogP contribution in [0.25, 0.3) is 0 Å². The summed E-state index contributed by atoms with van der Waals surface area (Å²) in [6.07, 6.45) is 3.35. The van der Waals surface area contributed by atoms with Gasteiger partial charge in [0.1, 0.15) is 11.5 Å². The third kappa shape index (κ3) is 2.21. The highest BCUT2D eigenvalue weighted by molar-refractivity contribution is 5.47. The van der Waals surface area contributed by atoms with Gasteiger partial charge in [-0.25, -0.2) is 0 Å². The minimum atomic E-state index is -0.195. The maximum absolute atomic E-state index is 5.75. The molecule has 1 rings (SSSR count). The van der Waals surface area contributed by atoms with E-state index in [4.69, 9.17) is 15.2 Å². The zero-order chi connectivity index (χ0) is 11.5. The molecule has 0 bridgehead atoms. The Labute approximate surface area is 90.4 Å². The van der Waals surface area contributed by atoms with E-state index in [1.165, 1.54) is 0 Å². The van der Waals surface area contributed by atoms with Crippen molar-refractivity contribution < 1.29 is 9.47 Å². The standard InChI is InChI=1S/C11H18N2O2/c1-11(2,7-12)10-8(14-3)5-13-6-9(10)15-4/h5-6H,7,12H2,1-4H3. The lowest BCUT2D eigenvalue weighted by Crippen LogP contribution is -2.29. The Morgan fingerprint density at radius 3 is 2.00 bits per heavy atom. The van der Waals surface area contributed by atoms with Gasteiger partial charge in [-0.3, -0.25) is 4.98 Å². The van der Waals surface area contributed by atoms with E-state index in [-0.39, 0.29) is 5.41 Å². The molecule has 0 atom stereocenters. The molecule has 0 saturated carbocycles. The van der Waals surface area contributed by atoms with Gasteiger partial charge in [0, 0.05) is 17.5 Å². The minimum Gasteiger partial charge on any atom is -0.495 e. The molecule has 2 N–H and O–H groups in total. The first-order valence-corrected chi connectivity index (χ1v) is 4.83. The Balaban J connectivity index is 3.34. The smallest absolute Gasteiger partial charge is 0.144 e. The summed E-state index contributed by atoms with van der Waals surface area (Å²) in [7, 11) is 3.24. The number of pyridine rings is 1. The monoisotopic (exact) mass is 210 g/mol. The van der Waals surface area contributed by atoms with Crippen molar-refractivity contribution in [1.29, 1.82) is 0 Å².